The highest BCUT2D eigenvalue weighted by Gasteiger charge is 2.63. The second-order valence-electron chi connectivity index (χ2n) is 7.77. The van der Waals surface area contributed by atoms with Crippen molar-refractivity contribution >= 4 is 5.91 Å². The standard InChI is InChI=1S/C19H30N4O2/c1-4-25-16-12-19(20,18(16,2)3)17(24)23-10-8-22(9-11-23)14-15-6-5-7-21-13-15/h5-7,13,16H,4,8-12,14,20H2,1-3H3. The number of carbonyl (C=O) groups is 1. The summed E-state index contributed by atoms with van der Waals surface area (Å²) in [5.41, 5.74) is 6.61. The Balaban J connectivity index is 1.55. The second kappa shape index (κ2) is 7.02. The lowest BCUT2D eigenvalue weighted by atomic mass is 9.54. The van der Waals surface area contributed by atoms with Crippen molar-refractivity contribution in [3.05, 3.63) is 30.1 Å². The number of nitrogens with two attached hydrogens (primary N) is 1. The summed E-state index contributed by atoms with van der Waals surface area (Å²) in [6.07, 6.45) is 4.37. The molecular weight excluding hydrogens is 316 g/mol. The summed E-state index contributed by atoms with van der Waals surface area (Å²) >= 11 is 0. The third-order valence-corrected chi connectivity index (χ3v) is 6.00. The van der Waals surface area contributed by atoms with Crippen LogP contribution in [0.2, 0.25) is 0 Å². The number of nitrogens with zero attached hydrogens (tertiary/aromatic N) is 3. The maximum atomic E-state index is 13.0. The highest BCUT2D eigenvalue weighted by molar-refractivity contribution is 5.89. The van der Waals surface area contributed by atoms with E-state index in [2.05, 4.69) is 16.0 Å². The summed E-state index contributed by atoms with van der Waals surface area (Å²) in [4.78, 5) is 21.5. The predicted octanol–water partition coefficient (Wildman–Crippen LogP) is 1.26. The molecule has 1 saturated carbocycles. The van der Waals surface area contributed by atoms with Crippen LogP contribution in [0, 0.1) is 5.41 Å². The molecule has 2 aliphatic rings. The monoisotopic (exact) mass is 346 g/mol. The number of piperazine rings is 1. The van der Waals surface area contributed by atoms with E-state index in [1.54, 1.807) is 6.20 Å². The maximum absolute atomic E-state index is 13.0. The molecule has 6 heteroatoms. The number of pyridine rings is 1. The van der Waals surface area contributed by atoms with E-state index < -0.39 is 5.54 Å². The molecule has 2 N–H and O–H groups in total. The van der Waals surface area contributed by atoms with Gasteiger partial charge >= 0.3 is 0 Å². The van der Waals surface area contributed by atoms with Crippen LogP contribution in [0.4, 0.5) is 0 Å². The minimum atomic E-state index is -0.807. The summed E-state index contributed by atoms with van der Waals surface area (Å²) < 4.78 is 5.74. The Labute approximate surface area is 150 Å². The number of aromatic nitrogens is 1. The van der Waals surface area contributed by atoms with Crippen LogP contribution in [-0.4, -0.2) is 65.1 Å². The number of hydrogen-bond donors (Lipinski definition) is 1. The first-order valence-electron chi connectivity index (χ1n) is 9.19. The van der Waals surface area contributed by atoms with Crippen LogP contribution in [-0.2, 0) is 16.1 Å². The molecule has 1 aliphatic heterocycles. The molecule has 1 aromatic heterocycles. The average Bonchev–Trinajstić information content (AvgIpc) is 2.62. The van der Waals surface area contributed by atoms with Gasteiger partial charge < -0.3 is 15.4 Å². The zero-order valence-electron chi connectivity index (χ0n) is 15.6. The molecule has 2 unspecified atom stereocenters. The van der Waals surface area contributed by atoms with Crippen molar-refractivity contribution in [1.82, 2.24) is 14.8 Å². The van der Waals surface area contributed by atoms with Gasteiger partial charge in [0.05, 0.1) is 6.10 Å². The molecule has 0 spiro atoms. The van der Waals surface area contributed by atoms with Crippen molar-refractivity contribution in [3.8, 4) is 0 Å². The van der Waals surface area contributed by atoms with E-state index in [9.17, 15) is 4.79 Å². The fraction of sp³-hybridized carbons (Fsp3) is 0.684. The Morgan fingerprint density at radius 1 is 1.36 bits per heavy atom. The van der Waals surface area contributed by atoms with E-state index in [0.717, 1.165) is 32.7 Å². The van der Waals surface area contributed by atoms with Gasteiger partial charge in [-0.1, -0.05) is 19.9 Å². The van der Waals surface area contributed by atoms with Gasteiger partial charge in [-0.25, -0.2) is 0 Å². The van der Waals surface area contributed by atoms with Gasteiger partial charge in [-0.3, -0.25) is 14.7 Å². The largest absolute Gasteiger partial charge is 0.378 e. The quantitative estimate of drug-likeness (QED) is 0.869. The smallest absolute Gasteiger partial charge is 0.243 e. The fourth-order valence-corrected chi connectivity index (χ4v) is 3.94. The van der Waals surface area contributed by atoms with Crippen molar-refractivity contribution in [1.29, 1.82) is 0 Å². The van der Waals surface area contributed by atoms with Crippen LogP contribution >= 0.6 is 0 Å². The van der Waals surface area contributed by atoms with Gasteiger partial charge in [0.2, 0.25) is 5.91 Å². The molecule has 0 aromatic carbocycles. The molecule has 6 nitrogen and oxygen atoms in total. The lowest BCUT2D eigenvalue weighted by Gasteiger charge is -2.59. The number of carbonyl (C=O) groups excluding carboxylic acids is 1. The Kier molecular flexibility index (Phi) is 5.14. The van der Waals surface area contributed by atoms with Gasteiger partial charge in [0.25, 0.3) is 0 Å². The molecule has 1 aromatic rings. The van der Waals surface area contributed by atoms with Crippen molar-refractivity contribution in [2.75, 3.05) is 32.8 Å². The van der Waals surface area contributed by atoms with Crippen LogP contribution < -0.4 is 5.73 Å². The Morgan fingerprint density at radius 2 is 2.08 bits per heavy atom. The van der Waals surface area contributed by atoms with Crippen LogP contribution in [0.25, 0.3) is 0 Å². The fourth-order valence-electron chi connectivity index (χ4n) is 3.94. The molecule has 2 atom stereocenters. The summed E-state index contributed by atoms with van der Waals surface area (Å²) in [6.45, 7) is 10.8. The number of hydrogen-bond acceptors (Lipinski definition) is 5. The van der Waals surface area contributed by atoms with Crippen molar-refractivity contribution in [2.45, 2.75) is 45.4 Å². The molecule has 138 valence electrons. The first-order chi connectivity index (χ1) is 11.9. The Hall–Kier alpha value is -1.50. The highest BCUT2D eigenvalue weighted by atomic mass is 16.5. The van der Waals surface area contributed by atoms with Crippen molar-refractivity contribution in [2.24, 2.45) is 11.1 Å². The predicted molar refractivity (Wildman–Crippen MR) is 96.8 cm³/mol. The minimum Gasteiger partial charge on any atom is -0.378 e. The van der Waals surface area contributed by atoms with Crippen molar-refractivity contribution in [3.63, 3.8) is 0 Å². The average molecular weight is 346 g/mol. The third kappa shape index (κ3) is 3.30. The zero-order chi connectivity index (χ0) is 18.1. The SMILES string of the molecule is CCOC1CC(N)(C(=O)N2CCN(Cc3cccnc3)CC2)C1(C)C. The topological polar surface area (TPSA) is 71.7 Å². The second-order valence-corrected chi connectivity index (χ2v) is 7.77. The molecule has 25 heavy (non-hydrogen) atoms. The Morgan fingerprint density at radius 3 is 2.64 bits per heavy atom. The molecule has 3 rings (SSSR count). The highest BCUT2D eigenvalue weighted by Crippen LogP contribution is 2.50. The maximum Gasteiger partial charge on any atom is 0.243 e. The summed E-state index contributed by atoms with van der Waals surface area (Å²) in [5, 5.41) is 0. The van der Waals surface area contributed by atoms with Gasteiger partial charge in [-0.15, -0.1) is 0 Å². The van der Waals surface area contributed by atoms with Gasteiger partial charge in [0.1, 0.15) is 5.54 Å². The van der Waals surface area contributed by atoms with Gasteiger partial charge in [0.15, 0.2) is 0 Å². The minimum absolute atomic E-state index is 0.0679. The molecule has 1 amide bonds. The number of amides is 1. The lowest BCUT2D eigenvalue weighted by Crippen LogP contribution is -2.76. The zero-order valence-corrected chi connectivity index (χ0v) is 15.6. The number of rotatable bonds is 5. The summed E-state index contributed by atoms with van der Waals surface area (Å²) in [6, 6.07) is 4.05. The normalized spacial score (nSPS) is 29.3. The molecule has 2 fully saturated rings. The van der Waals surface area contributed by atoms with Gasteiger partial charge in [-0.2, -0.15) is 0 Å². The number of ether oxygens (including phenoxy) is 1. The lowest BCUT2D eigenvalue weighted by molar-refractivity contribution is -0.180. The summed E-state index contributed by atoms with van der Waals surface area (Å²) in [5.74, 6) is 0.0782. The van der Waals surface area contributed by atoms with Gasteiger partial charge in [-0.05, 0) is 18.6 Å². The van der Waals surface area contributed by atoms with E-state index in [4.69, 9.17) is 10.5 Å². The van der Waals surface area contributed by atoms with E-state index in [0.29, 0.717) is 13.0 Å². The molecular formula is C19H30N4O2. The summed E-state index contributed by atoms with van der Waals surface area (Å²) in [7, 11) is 0. The van der Waals surface area contributed by atoms with E-state index in [1.165, 1.54) is 5.56 Å². The van der Waals surface area contributed by atoms with Crippen LogP contribution in [0.15, 0.2) is 24.5 Å². The third-order valence-electron chi connectivity index (χ3n) is 6.00. The molecule has 0 bridgehead atoms. The first-order valence-corrected chi connectivity index (χ1v) is 9.19. The molecule has 1 saturated heterocycles. The molecule has 2 heterocycles. The van der Waals surface area contributed by atoms with E-state index >= 15 is 0 Å². The van der Waals surface area contributed by atoms with E-state index in [1.807, 2.05) is 37.9 Å². The van der Waals surface area contributed by atoms with Crippen LogP contribution in [0.1, 0.15) is 32.8 Å². The Bertz CT molecular complexity index is 599. The van der Waals surface area contributed by atoms with Crippen LogP contribution in [0.3, 0.4) is 0 Å². The van der Waals surface area contributed by atoms with Crippen LogP contribution in [0.5, 0.6) is 0 Å². The first kappa shape index (κ1) is 18.3. The van der Waals surface area contributed by atoms with Crippen molar-refractivity contribution < 1.29 is 9.53 Å². The molecule has 0 radical (unpaired) electrons. The van der Waals surface area contributed by atoms with E-state index in [-0.39, 0.29) is 17.4 Å². The molecule has 1 aliphatic carbocycles. The van der Waals surface area contributed by atoms with Gasteiger partial charge in [0, 0.05) is 63.6 Å².